The van der Waals surface area contributed by atoms with E-state index in [1.807, 2.05) is 6.07 Å². The van der Waals surface area contributed by atoms with Gasteiger partial charge in [-0.25, -0.2) is 4.39 Å². The first kappa shape index (κ1) is 13.8. The Morgan fingerprint density at radius 3 is 2.78 bits per heavy atom. The number of hydrogen-bond donors (Lipinski definition) is 1. The topological polar surface area (TPSA) is 12.0 Å². The van der Waals surface area contributed by atoms with Gasteiger partial charge in [0.1, 0.15) is 5.82 Å². The normalized spacial score (nSPS) is 23.8. The van der Waals surface area contributed by atoms with Crippen molar-refractivity contribution in [3.05, 3.63) is 34.6 Å². The highest BCUT2D eigenvalue weighted by Crippen LogP contribution is 2.31. The Morgan fingerprint density at radius 1 is 1.44 bits per heavy atom. The lowest BCUT2D eigenvalue weighted by molar-refractivity contribution is 0.301. The molecule has 1 aliphatic rings. The molecule has 1 aromatic rings. The number of halogens is 2. The van der Waals surface area contributed by atoms with Crippen LogP contribution in [-0.4, -0.2) is 12.1 Å². The molecule has 1 atom stereocenters. The number of benzene rings is 1. The molecule has 0 spiro atoms. The average Bonchev–Trinajstić information content (AvgIpc) is 2.71. The lowest BCUT2D eigenvalue weighted by atomic mass is 9.82. The molecule has 0 radical (unpaired) electrons. The quantitative estimate of drug-likeness (QED) is 0.864. The van der Waals surface area contributed by atoms with Crippen molar-refractivity contribution in [3.8, 4) is 0 Å². The molecule has 1 heterocycles. The highest BCUT2D eigenvalue weighted by atomic mass is 35.5. The zero-order chi connectivity index (χ0) is 13.2. The van der Waals surface area contributed by atoms with Crippen LogP contribution in [0.2, 0.25) is 5.02 Å². The van der Waals surface area contributed by atoms with Crippen LogP contribution in [0.3, 0.4) is 0 Å². The number of nitrogens with one attached hydrogen (secondary N) is 1. The van der Waals surface area contributed by atoms with Crippen molar-refractivity contribution in [2.45, 2.75) is 45.1 Å². The Balaban J connectivity index is 2.15. The van der Waals surface area contributed by atoms with E-state index < -0.39 is 0 Å². The van der Waals surface area contributed by atoms with E-state index in [1.54, 1.807) is 12.1 Å². The fourth-order valence-electron chi connectivity index (χ4n) is 3.09. The van der Waals surface area contributed by atoms with Crippen molar-refractivity contribution >= 4 is 11.6 Å². The minimum absolute atomic E-state index is 0.147. The van der Waals surface area contributed by atoms with E-state index in [9.17, 15) is 4.39 Å². The van der Waals surface area contributed by atoms with Crippen LogP contribution in [0.1, 0.15) is 38.7 Å². The summed E-state index contributed by atoms with van der Waals surface area (Å²) in [6, 6.07) is 5.17. The van der Waals surface area contributed by atoms with Crippen molar-refractivity contribution in [1.29, 1.82) is 0 Å². The molecule has 1 N–H and O–H groups in total. The second kappa shape index (κ2) is 5.58. The predicted octanol–water partition coefficient (Wildman–Crippen LogP) is 4.19. The Labute approximate surface area is 114 Å². The second-order valence-electron chi connectivity index (χ2n) is 5.83. The Hall–Kier alpha value is -0.600. The molecule has 0 aliphatic carbocycles. The fraction of sp³-hybridized carbons (Fsp3) is 0.600. The van der Waals surface area contributed by atoms with Crippen LogP contribution in [-0.2, 0) is 6.42 Å². The molecule has 0 bridgehead atoms. The van der Waals surface area contributed by atoms with Gasteiger partial charge >= 0.3 is 0 Å². The molecule has 2 rings (SSSR count). The van der Waals surface area contributed by atoms with Gasteiger partial charge in [-0.1, -0.05) is 31.5 Å². The summed E-state index contributed by atoms with van der Waals surface area (Å²) in [5, 5.41) is 3.83. The van der Waals surface area contributed by atoms with Crippen molar-refractivity contribution in [3.63, 3.8) is 0 Å². The number of hydrogen-bond acceptors (Lipinski definition) is 1. The summed E-state index contributed by atoms with van der Waals surface area (Å²) in [7, 11) is 0. The molecule has 1 saturated heterocycles. The third-order valence-corrected chi connectivity index (χ3v) is 3.96. The first-order valence-corrected chi connectivity index (χ1v) is 7.07. The van der Waals surface area contributed by atoms with E-state index in [-0.39, 0.29) is 16.4 Å². The summed E-state index contributed by atoms with van der Waals surface area (Å²) >= 11 is 5.73. The van der Waals surface area contributed by atoms with Crippen LogP contribution in [0.15, 0.2) is 18.2 Å². The van der Waals surface area contributed by atoms with Gasteiger partial charge in [-0.05, 0) is 55.8 Å². The summed E-state index contributed by atoms with van der Waals surface area (Å²) < 4.78 is 13.5. The largest absolute Gasteiger partial charge is 0.311 e. The van der Waals surface area contributed by atoms with E-state index in [1.165, 1.54) is 12.8 Å². The molecule has 100 valence electrons. The van der Waals surface area contributed by atoms with E-state index in [2.05, 4.69) is 19.2 Å². The molecule has 3 heteroatoms. The highest BCUT2D eigenvalue weighted by molar-refractivity contribution is 6.30. The predicted molar refractivity (Wildman–Crippen MR) is 74.5 cm³/mol. The first-order chi connectivity index (χ1) is 8.51. The van der Waals surface area contributed by atoms with Crippen molar-refractivity contribution < 1.29 is 4.39 Å². The molecular weight excluding hydrogens is 249 g/mol. The molecule has 1 nitrogen and oxygen atoms in total. The standard InChI is InChI=1S/C15H21ClFN/c1-11(2)9-15(6-3-7-18-15)10-12-4-5-13(16)14(17)8-12/h4-5,8,11,18H,3,6-7,9-10H2,1-2H3. The van der Waals surface area contributed by atoms with Gasteiger partial charge < -0.3 is 5.32 Å². The monoisotopic (exact) mass is 269 g/mol. The van der Waals surface area contributed by atoms with Gasteiger partial charge in [0.25, 0.3) is 0 Å². The molecular formula is C15H21ClFN. The van der Waals surface area contributed by atoms with E-state index in [4.69, 9.17) is 11.6 Å². The summed E-state index contributed by atoms with van der Waals surface area (Å²) in [6.07, 6.45) is 4.41. The molecule has 0 saturated carbocycles. The van der Waals surface area contributed by atoms with Crippen LogP contribution < -0.4 is 5.32 Å². The van der Waals surface area contributed by atoms with Gasteiger partial charge in [0.2, 0.25) is 0 Å². The van der Waals surface area contributed by atoms with Crippen molar-refractivity contribution in [2.75, 3.05) is 6.54 Å². The smallest absolute Gasteiger partial charge is 0.142 e. The molecule has 1 aromatic carbocycles. The first-order valence-electron chi connectivity index (χ1n) is 6.70. The molecule has 0 aromatic heterocycles. The van der Waals surface area contributed by atoms with Gasteiger partial charge in [-0.3, -0.25) is 0 Å². The molecule has 1 unspecified atom stereocenters. The Morgan fingerprint density at radius 2 is 2.22 bits per heavy atom. The maximum atomic E-state index is 13.5. The molecule has 0 amide bonds. The lowest BCUT2D eigenvalue weighted by Gasteiger charge is -2.31. The summed E-state index contributed by atoms with van der Waals surface area (Å²) in [6.45, 7) is 5.55. The molecule has 18 heavy (non-hydrogen) atoms. The Bertz CT molecular complexity index is 411. The summed E-state index contributed by atoms with van der Waals surface area (Å²) in [5.41, 5.74) is 1.18. The summed E-state index contributed by atoms with van der Waals surface area (Å²) in [5.74, 6) is 0.333. The Kier molecular flexibility index (Phi) is 4.29. The van der Waals surface area contributed by atoms with Gasteiger partial charge in [0, 0.05) is 5.54 Å². The van der Waals surface area contributed by atoms with Gasteiger partial charge in [-0.2, -0.15) is 0 Å². The van der Waals surface area contributed by atoms with E-state index >= 15 is 0 Å². The van der Waals surface area contributed by atoms with E-state index in [0.717, 1.165) is 24.9 Å². The zero-order valence-corrected chi connectivity index (χ0v) is 11.9. The van der Waals surface area contributed by atoms with Gasteiger partial charge in [-0.15, -0.1) is 0 Å². The SMILES string of the molecule is CC(C)CC1(Cc2ccc(Cl)c(F)c2)CCCN1. The van der Waals surface area contributed by atoms with Crippen molar-refractivity contribution in [2.24, 2.45) is 5.92 Å². The van der Waals surface area contributed by atoms with Gasteiger partial charge in [0.05, 0.1) is 5.02 Å². The lowest BCUT2D eigenvalue weighted by Crippen LogP contribution is -2.43. The second-order valence-corrected chi connectivity index (χ2v) is 6.24. The van der Waals surface area contributed by atoms with Crippen LogP contribution in [0.5, 0.6) is 0 Å². The van der Waals surface area contributed by atoms with Crippen LogP contribution in [0.4, 0.5) is 4.39 Å². The average molecular weight is 270 g/mol. The summed E-state index contributed by atoms with van der Waals surface area (Å²) in [4.78, 5) is 0. The maximum absolute atomic E-state index is 13.5. The minimum Gasteiger partial charge on any atom is -0.311 e. The van der Waals surface area contributed by atoms with Crippen LogP contribution in [0, 0.1) is 11.7 Å². The fourth-order valence-corrected chi connectivity index (χ4v) is 3.21. The van der Waals surface area contributed by atoms with Crippen molar-refractivity contribution in [1.82, 2.24) is 5.32 Å². The number of rotatable bonds is 4. The maximum Gasteiger partial charge on any atom is 0.142 e. The third kappa shape index (κ3) is 3.24. The third-order valence-electron chi connectivity index (χ3n) is 3.66. The van der Waals surface area contributed by atoms with Crippen LogP contribution >= 0.6 is 11.6 Å². The van der Waals surface area contributed by atoms with Crippen LogP contribution in [0.25, 0.3) is 0 Å². The van der Waals surface area contributed by atoms with Gasteiger partial charge in [0.15, 0.2) is 0 Å². The zero-order valence-electron chi connectivity index (χ0n) is 11.1. The molecule has 1 aliphatic heterocycles. The highest BCUT2D eigenvalue weighted by Gasteiger charge is 2.34. The van der Waals surface area contributed by atoms with E-state index in [0.29, 0.717) is 5.92 Å². The molecule has 1 fully saturated rings. The minimum atomic E-state index is -0.313.